The van der Waals surface area contributed by atoms with Crippen LogP contribution in [0.5, 0.6) is 0 Å². The number of fused-ring (bicyclic) bond motifs is 6. The monoisotopic (exact) mass is 898 g/mol. The van der Waals surface area contributed by atoms with E-state index in [1.165, 1.54) is 31.5 Å². The minimum Gasteiger partial charge on any atom is -0.456 e. The van der Waals surface area contributed by atoms with Gasteiger partial charge in [0.15, 0.2) is 25.5 Å². The van der Waals surface area contributed by atoms with Gasteiger partial charge in [-0.2, -0.15) is 0 Å². The summed E-state index contributed by atoms with van der Waals surface area (Å²) in [7, 11) is -2.85. The lowest BCUT2D eigenvalue weighted by Gasteiger charge is -2.34. The Hall–Kier alpha value is -8.97. The Kier molecular flexibility index (Phi) is 9.77. The summed E-state index contributed by atoms with van der Waals surface area (Å²) in [5.41, 5.74) is 9.98. The molecule has 0 aliphatic rings. The first-order valence-corrected chi connectivity index (χ1v) is 25.3. The molecule has 0 unspecified atom stereocenters. The molecule has 10 aromatic carbocycles. The molecule has 13 aromatic rings. The topological polar surface area (TPSA) is 56.7 Å². The van der Waals surface area contributed by atoms with E-state index in [2.05, 4.69) is 241 Å². The lowest BCUT2D eigenvalue weighted by molar-refractivity contribution is 0.669. The van der Waals surface area contributed by atoms with Crippen molar-refractivity contribution >= 4 is 72.6 Å². The number of furan rings is 1. The second kappa shape index (κ2) is 16.7. The van der Waals surface area contributed by atoms with Gasteiger partial charge in [-0.3, -0.25) is 0 Å². The largest absolute Gasteiger partial charge is 0.456 e. The van der Waals surface area contributed by atoms with E-state index in [0.29, 0.717) is 17.5 Å². The highest BCUT2D eigenvalue weighted by Crippen LogP contribution is 2.38. The summed E-state index contributed by atoms with van der Waals surface area (Å²) in [4.78, 5) is 16.0. The second-order valence-corrected chi connectivity index (χ2v) is 21.3. The van der Waals surface area contributed by atoms with Crippen LogP contribution in [0.4, 0.5) is 0 Å². The van der Waals surface area contributed by atoms with Gasteiger partial charge >= 0.3 is 0 Å². The van der Waals surface area contributed by atoms with Crippen LogP contribution in [-0.2, 0) is 0 Å². The Balaban J connectivity index is 1.000. The van der Waals surface area contributed by atoms with Crippen molar-refractivity contribution in [1.82, 2.24) is 19.5 Å². The summed E-state index contributed by atoms with van der Waals surface area (Å²) in [6.07, 6.45) is 0. The third kappa shape index (κ3) is 6.80. The van der Waals surface area contributed by atoms with Gasteiger partial charge in [0, 0.05) is 43.9 Å². The Bertz CT molecular complexity index is 3860. The van der Waals surface area contributed by atoms with Crippen LogP contribution < -0.4 is 20.7 Å². The van der Waals surface area contributed by atoms with E-state index in [4.69, 9.17) is 19.4 Å². The van der Waals surface area contributed by atoms with Crippen LogP contribution in [0.3, 0.4) is 0 Å². The average molecular weight is 899 g/mol. The van der Waals surface area contributed by atoms with Crippen LogP contribution in [0.2, 0.25) is 0 Å². The van der Waals surface area contributed by atoms with Gasteiger partial charge in [-0.25, -0.2) is 15.0 Å². The minimum atomic E-state index is -2.85. The standard InChI is InChI=1S/C63H42N4OSi/c1-4-22-48(23-5-1)69(49-24-6-2-7-25-49,50-26-8-3-9-27-50)51-28-17-20-46(42-51)63-65-61(44-39-37-43(38-40-44)52-32-18-36-59-60(52)55-31-12-15-35-58(55)68-59)64-62(66-63)45-19-16-21-47(41-45)67-56-33-13-10-29-53(56)54-30-11-14-34-57(54)67/h1-42H. The summed E-state index contributed by atoms with van der Waals surface area (Å²) in [5.74, 6) is 1.80. The van der Waals surface area contributed by atoms with Crippen LogP contribution in [0, 0.1) is 0 Å². The smallest absolute Gasteiger partial charge is 0.179 e. The zero-order valence-electron chi connectivity index (χ0n) is 37.4. The molecule has 0 saturated heterocycles. The highest BCUT2D eigenvalue weighted by molar-refractivity contribution is 7.19. The molecule has 324 valence electrons. The van der Waals surface area contributed by atoms with E-state index >= 15 is 0 Å². The molecule has 0 saturated carbocycles. The van der Waals surface area contributed by atoms with E-state index < -0.39 is 8.07 Å². The number of aromatic nitrogens is 4. The summed E-state index contributed by atoms with van der Waals surface area (Å²) in [6, 6.07) is 90.8. The normalized spacial score (nSPS) is 11.8. The van der Waals surface area contributed by atoms with Gasteiger partial charge in [-0.05, 0) is 68.3 Å². The lowest BCUT2D eigenvalue weighted by Crippen LogP contribution is -2.74. The minimum absolute atomic E-state index is 0.596. The fourth-order valence-corrected chi connectivity index (χ4v) is 15.3. The van der Waals surface area contributed by atoms with Crippen molar-refractivity contribution < 1.29 is 4.42 Å². The van der Waals surface area contributed by atoms with Gasteiger partial charge in [-0.1, -0.05) is 218 Å². The number of nitrogens with zero attached hydrogens (tertiary/aromatic N) is 4. The first-order chi connectivity index (χ1) is 34.2. The van der Waals surface area contributed by atoms with Crippen molar-refractivity contribution in [2.75, 3.05) is 0 Å². The van der Waals surface area contributed by atoms with Gasteiger partial charge in [-0.15, -0.1) is 0 Å². The molecule has 0 aliphatic heterocycles. The third-order valence-electron chi connectivity index (χ3n) is 13.6. The zero-order chi connectivity index (χ0) is 45.7. The molecule has 0 atom stereocenters. The molecule has 3 aromatic heterocycles. The third-order valence-corrected chi connectivity index (χ3v) is 18.4. The molecule has 0 radical (unpaired) electrons. The van der Waals surface area contributed by atoms with Crippen molar-refractivity contribution in [3.05, 3.63) is 255 Å². The maximum Gasteiger partial charge on any atom is 0.179 e. The molecular formula is C63H42N4OSi. The fourth-order valence-electron chi connectivity index (χ4n) is 10.5. The summed E-state index contributed by atoms with van der Waals surface area (Å²) in [6.45, 7) is 0. The van der Waals surface area contributed by atoms with E-state index in [1.807, 2.05) is 18.2 Å². The Labute approximate surface area is 400 Å². The summed E-state index contributed by atoms with van der Waals surface area (Å²) >= 11 is 0. The predicted octanol–water partition coefficient (Wildman–Crippen LogP) is 12.9. The van der Waals surface area contributed by atoms with Gasteiger partial charge < -0.3 is 8.98 Å². The number of benzene rings is 10. The van der Waals surface area contributed by atoms with Crippen LogP contribution in [-0.4, -0.2) is 27.6 Å². The van der Waals surface area contributed by atoms with Crippen LogP contribution in [0.25, 0.3) is 94.7 Å². The van der Waals surface area contributed by atoms with Gasteiger partial charge in [0.05, 0.1) is 11.0 Å². The SMILES string of the molecule is c1ccc([Si](c2ccccc2)(c2ccccc2)c2cccc(-c3nc(-c4ccc(-c5cccc6oc7ccccc7c56)cc4)nc(-c4cccc(-n5c6ccccc6c6ccccc65)c4)n3)c2)cc1. The summed E-state index contributed by atoms with van der Waals surface area (Å²) < 4.78 is 8.61. The number of hydrogen-bond acceptors (Lipinski definition) is 4. The fraction of sp³-hybridized carbons (Fsp3) is 0. The van der Waals surface area contributed by atoms with Crippen molar-refractivity contribution in [3.63, 3.8) is 0 Å². The predicted molar refractivity (Wildman–Crippen MR) is 287 cm³/mol. The van der Waals surface area contributed by atoms with E-state index in [0.717, 1.165) is 66.5 Å². The lowest BCUT2D eigenvalue weighted by atomic mass is 9.98. The molecule has 5 nitrogen and oxygen atoms in total. The summed E-state index contributed by atoms with van der Waals surface area (Å²) in [5, 5.41) is 9.78. The van der Waals surface area contributed by atoms with Crippen LogP contribution >= 0.6 is 0 Å². The van der Waals surface area contributed by atoms with E-state index in [1.54, 1.807) is 0 Å². The average Bonchev–Trinajstić information content (AvgIpc) is 3.98. The highest BCUT2D eigenvalue weighted by Gasteiger charge is 2.41. The van der Waals surface area contributed by atoms with Gasteiger partial charge in [0.1, 0.15) is 11.2 Å². The molecule has 0 spiro atoms. The van der Waals surface area contributed by atoms with Gasteiger partial charge in [0.2, 0.25) is 0 Å². The zero-order valence-corrected chi connectivity index (χ0v) is 38.4. The van der Waals surface area contributed by atoms with Crippen LogP contribution in [0.15, 0.2) is 259 Å². The Morgan fingerprint density at radius 1 is 0.319 bits per heavy atom. The molecule has 0 fully saturated rings. The van der Waals surface area contributed by atoms with Crippen LogP contribution in [0.1, 0.15) is 0 Å². The molecular weight excluding hydrogens is 857 g/mol. The van der Waals surface area contributed by atoms with Crippen molar-refractivity contribution in [1.29, 1.82) is 0 Å². The number of rotatable bonds is 9. The molecule has 0 bridgehead atoms. The molecule has 0 aliphatic carbocycles. The number of para-hydroxylation sites is 3. The molecule has 6 heteroatoms. The van der Waals surface area contributed by atoms with E-state index in [-0.39, 0.29) is 0 Å². The Morgan fingerprint density at radius 2 is 0.768 bits per heavy atom. The first-order valence-electron chi connectivity index (χ1n) is 23.3. The maximum atomic E-state index is 6.27. The molecule has 0 amide bonds. The highest BCUT2D eigenvalue weighted by atomic mass is 28.3. The number of hydrogen-bond donors (Lipinski definition) is 0. The molecule has 69 heavy (non-hydrogen) atoms. The maximum absolute atomic E-state index is 6.27. The van der Waals surface area contributed by atoms with E-state index in [9.17, 15) is 0 Å². The quantitative estimate of drug-likeness (QED) is 0.107. The van der Waals surface area contributed by atoms with Crippen molar-refractivity contribution in [2.24, 2.45) is 0 Å². The Morgan fingerprint density at radius 3 is 1.38 bits per heavy atom. The van der Waals surface area contributed by atoms with Crippen molar-refractivity contribution in [2.45, 2.75) is 0 Å². The second-order valence-electron chi connectivity index (χ2n) is 17.5. The molecule has 13 rings (SSSR count). The van der Waals surface area contributed by atoms with Crippen molar-refractivity contribution in [3.8, 4) is 51.0 Å². The van der Waals surface area contributed by atoms with Gasteiger partial charge in [0.25, 0.3) is 0 Å². The molecule has 3 heterocycles. The first kappa shape index (κ1) is 40.3. The molecule has 0 N–H and O–H groups in total.